The Morgan fingerprint density at radius 3 is 3.07 bits per heavy atom. The molecule has 4 rings (SSSR count). The van der Waals surface area contributed by atoms with E-state index in [0.717, 1.165) is 41.5 Å². The van der Waals surface area contributed by atoms with Gasteiger partial charge >= 0.3 is 0 Å². The molecular formula is C19H22N6OS. The summed E-state index contributed by atoms with van der Waals surface area (Å²) in [6.07, 6.45) is 5.55. The Bertz CT molecular complexity index is 893. The molecule has 140 valence electrons. The molecule has 1 fully saturated rings. The van der Waals surface area contributed by atoms with Crippen molar-refractivity contribution >= 4 is 17.2 Å². The van der Waals surface area contributed by atoms with Crippen molar-refractivity contribution in [2.45, 2.75) is 38.6 Å². The fraction of sp³-hybridized carbons (Fsp3) is 0.421. The number of thiophene rings is 1. The van der Waals surface area contributed by atoms with Crippen LogP contribution >= 0.6 is 11.3 Å². The van der Waals surface area contributed by atoms with E-state index in [-0.39, 0.29) is 11.8 Å². The number of likely N-dealkylation sites (tertiary alicyclic amines) is 1. The highest BCUT2D eigenvalue weighted by Gasteiger charge is 2.27. The van der Waals surface area contributed by atoms with Gasteiger partial charge in [0.2, 0.25) is 5.91 Å². The maximum Gasteiger partial charge on any atom is 0.224 e. The van der Waals surface area contributed by atoms with Crippen molar-refractivity contribution in [2.24, 2.45) is 0 Å². The minimum Gasteiger partial charge on any atom is -0.342 e. The Kier molecular flexibility index (Phi) is 5.24. The van der Waals surface area contributed by atoms with Gasteiger partial charge in [0.25, 0.3) is 0 Å². The fourth-order valence-corrected chi connectivity index (χ4v) is 4.14. The van der Waals surface area contributed by atoms with E-state index < -0.39 is 0 Å². The summed E-state index contributed by atoms with van der Waals surface area (Å²) in [4.78, 5) is 29.1. The van der Waals surface area contributed by atoms with Gasteiger partial charge in [0.05, 0.1) is 17.1 Å². The smallest absolute Gasteiger partial charge is 0.224 e. The van der Waals surface area contributed by atoms with Gasteiger partial charge in [-0.25, -0.2) is 15.0 Å². The number of nitrogens with zero attached hydrogens (tertiary/aromatic N) is 6. The van der Waals surface area contributed by atoms with Crippen molar-refractivity contribution in [2.75, 3.05) is 13.1 Å². The van der Waals surface area contributed by atoms with E-state index >= 15 is 0 Å². The van der Waals surface area contributed by atoms with Gasteiger partial charge in [-0.2, -0.15) is 5.10 Å². The average Bonchev–Trinajstić information content (AvgIpc) is 3.39. The molecule has 27 heavy (non-hydrogen) atoms. The summed E-state index contributed by atoms with van der Waals surface area (Å²) in [7, 11) is 0. The lowest BCUT2D eigenvalue weighted by Crippen LogP contribution is -2.40. The van der Waals surface area contributed by atoms with Gasteiger partial charge in [0, 0.05) is 31.1 Å². The van der Waals surface area contributed by atoms with E-state index in [1.165, 1.54) is 6.33 Å². The van der Waals surface area contributed by atoms with E-state index in [1.807, 2.05) is 24.0 Å². The van der Waals surface area contributed by atoms with Crippen LogP contribution in [-0.4, -0.2) is 48.6 Å². The third kappa shape index (κ3) is 4.21. The second-order valence-corrected chi connectivity index (χ2v) is 7.77. The van der Waals surface area contributed by atoms with Crippen LogP contribution in [0, 0.1) is 6.92 Å². The fourth-order valence-electron chi connectivity index (χ4n) is 3.46. The van der Waals surface area contributed by atoms with Crippen molar-refractivity contribution in [3.63, 3.8) is 0 Å². The van der Waals surface area contributed by atoms with Crippen LogP contribution in [-0.2, 0) is 11.3 Å². The van der Waals surface area contributed by atoms with Crippen molar-refractivity contribution in [1.82, 2.24) is 29.6 Å². The van der Waals surface area contributed by atoms with Gasteiger partial charge in [0.15, 0.2) is 0 Å². The molecule has 3 aromatic rings. The predicted molar refractivity (Wildman–Crippen MR) is 103 cm³/mol. The molecule has 0 spiro atoms. The van der Waals surface area contributed by atoms with Gasteiger partial charge in [-0.15, -0.1) is 11.3 Å². The van der Waals surface area contributed by atoms with E-state index in [0.29, 0.717) is 19.5 Å². The van der Waals surface area contributed by atoms with E-state index in [9.17, 15) is 4.79 Å². The standard InChI is InChI=1S/C19H22N6OS/c1-14-10-16(17-5-3-9-27-17)23-19(22-14)15-4-2-7-24(11-15)18(26)6-8-25-13-20-12-21-25/h3,5,9-10,12-13,15H,2,4,6-8,11H2,1H3/t15-/m1/s1. The van der Waals surface area contributed by atoms with E-state index in [1.54, 1.807) is 22.3 Å². The number of carbonyl (C=O) groups is 1. The molecule has 8 heteroatoms. The molecule has 0 bridgehead atoms. The molecule has 1 atom stereocenters. The lowest BCUT2D eigenvalue weighted by molar-refractivity contribution is -0.132. The zero-order chi connectivity index (χ0) is 18.6. The Balaban J connectivity index is 1.45. The normalized spacial score (nSPS) is 17.2. The zero-order valence-corrected chi connectivity index (χ0v) is 16.1. The number of piperidine rings is 1. The summed E-state index contributed by atoms with van der Waals surface area (Å²) in [6, 6.07) is 6.14. The minimum atomic E-state index is 0.154. The largest absolute Gasteiger partial charge is 0.342 e. The molecule has 1 saturated heterocycles. The summed E-state index contributed by atoms with van der Waals surface area (Å²) < 4.78 is 1.69. The topological polar surface area (TPSA) is 76.8 Å². The molecule has 0 aromatic carbocycles. The van der Waals surface area contributed by atoms with E-state index in [2.05, 4.69) is 26.5 Å². The first kappa shape index (κ1) is 17.8. The number of hydrogen-bond donors (Lipinski definition) is 0. The number of aryl methyl sites for hydroxylation is 2. The summed E-state index contributed by atoms with van der Waals surface area (Å²) in [5, 5.41) is 6.11. The van der Waals surface area contributed by atoms with Crippen LogP contribution < -0.4 is 0 Å². The van der Waals surface area contributed by atoms with Gasteiger partial charge in [0.1, 0.15) is 18.5 Å². The number of carbonyl (C=O) groups excluding carboxylic acids is 1. The highest BCUT2D eigenvalue weighted by Crippen LogP contribution is 2.29. The Labute approximate surface area is 162 Å². The third-order valence-electron chi connectivity index (χ3n) is 4.81. The molecule has 0 N–H and O–H groups in total. The van der Waals surface area contributed by atoms with Crippen LogP contribution in [0.5, 0.6) is 0 Å². The Morgan fingerprint density at radius 2 is 2.30 bits per heavy atom. The molecule has 1 aliphatic rings. The summed E-state index contributed by atoms with van der Waals surface area (Å²) in [5.74, 6) is 1.20. The first-order valence-corrected chi connectivity index (χ1v) is 10.1. The molecule has 0 unspecified atom stereocenters. The van der Waals surface area contributed by atoms with Crippen LogP contribution in [0.25, 0.3) is 10.6 Å². The monoisotopic (exact) mass is 382 g/mol. The summed E-state index contributed by atoms with van der Waals surface area (Å²) in [6.45, 7) is 4.05. The van der Waals surface area contributed by atoms with Gasteiger partial charge in [-0.1, -0.05) is 6.07 Å². The molecular weight excluding hydrogens is 360 g/mol. The summed E-state index contributed by atoms with van der Waals surface area (Å²) >= 11 is 1.68. The molecule has 7 nitrogen and oxygen atoms in total. The van der Waals surface area contributed by atoms with Crippen molar-refractivity contribution < 1.29 is 4.79 Å². The first-order valence-electron chi connectivity index (χ1n) is 9.18. The lowest BCUT2D eigenvalue weighted by Gasteiger charge is -2.32. The highest BCUT2D eigenvalue weighted by molar-refractivity contribution is 7.13. The number of hydrogen-bond acceptors (Lipinski definition) is 6. The van der Waals surface area contributed by atoms with Gasteiger partial charge < -0.3 is 4.90 Å². The molecule has 0 radical (unpaired) electrons. The number of aromatic nitrogens is 5. The van der Waals surface area contributed by atoms with Crippen molar-refractivity contribution in [1.29, 1.82) is 0 Å². The molecule has 3 aromatic heterocycles. The van der Waals surface area contributed by atoms with Gasteiger partial charge in [-0.3, -0.25) is 9.48 Å². The van der Waals surface area contributed by atoms with Crippen LogP contribution in [0.2, 0.25) is 0 Å². The second kappa shape index (κ2) is 7.96. The van der Waals surface area contributed by atoms with Crippen LogP contribution in [0.15, 0.2) is 36.2 Å². The highest BCUT2D eigenvalue weighted by atomic mass is 32.1. The SMILES string of the molecule is Cc1cc(-c2cccs2)nc([C@@H]2CCCN(C(=O)CCn3cncn3)C2)n1. The third-order valence-corrected chi connectivity index (χ3v) is 5.70. The molecule has 1 amide bonds. The molecule has 0 aliphatic carbocycles. The molecule has 4 heterocycles. The first-order chi connectivity index (χ1) is 13.2. The van der Waals surface area contributed by atoms with Crippen molar-refractivity contribution in [3.8, 4) is 10.6 Å². The zero-order valence-electron chi connectivity index (χ0n) is 15.3. The van der Waals surface area contributed by atoms with Crippen molar-refractivity contribution in [3.05, 3.63) is 47.8 Å². The molecule has 1 aliphatic heterocycles. The minimum absolute atomic E-state index is 0.154. The maximum absolute atomic E-state index is 12.6. The van der Waals surface area contributed by atoms with Crippen LogP contribution in [0.4, 0.5) is 0 Å². The lowest BCUT2D eigenvalue weighted by atomic mass is 9.96. The Morgan fingerprint density at radius 1 is 1.37 bits per heavy atom. The Hall–Kier alpha value is -2.61. The van der Waals surface area contributed by atoms with Gasteiger partial charge in [-0.05, 0) is 37.3 Å². The van der Waals surface area contributed by atoms with Crippen LogP contribution in [0.1, 0.15) is 36.7 Å². The molecule has 0 saturated carbocycles. The van der Waals surface area contributed by atoms with Crippen LogP contribution in [0.3, 0.4) is 0 Å². The maximum atomic E-state index is 12.6. The average molecular weight is 382 g/mol. The quantitative estimate of drug-likeness (QED) is 0.678. The predicted octanol–water partition coefficient (Wildman–Crippen LogP) is 2.90. The summed E-state index contributed by atoms with van der Waals surface area (Å²) in [5.41, 5.74) is 1.94. The second-order valence-electron chi connectivity index (χ2n) is 6.82. The van der Waals surface area contributed by atoms with E-state index in [4.69, 9.17) is 4.98 Å². The number of amides is 1. The number of rotatable bonds is 5.